The predicted octanol–water partition coefficient (Wildman–Crippen LogP) is 2.50. The Bertz CT molecular complexity index is 279. The van der Waals surface area contributed by atoms with Gasteiger partial charge in [0.1, 0.15) is 0 Å². The Balaban J connectivity index is 3.77. The van der Waals surface area contributed by atoms with E-state index in [0.717, 1.165) is 5.57 Å². The summed E-state index contributed by atoms with van der Waals surface area (Å²) in [4.78, 5) is 11.4. The van der Waals surface area contributed by atoms with Crippen molar-refractivity contribution in [3.8, 4) is 0 Å². The second-order valence-electron chi connectivity index (χ2n) is 3.86. The topological polar surface area (TPSA) is 35.5 Å². The summed E-state index contributed by atoms with van der Waals surface area (Å²) in [5.74, 6) is -0.275. The molecule has 1 unspecified atom stereocenters. The van der Waals surface area contributed by atoms with Crippen molar-refractivity contribution in [2.24, 2.45) is 5.92 Å². The summed E-state index contributed by atoms with van der Waals surface area (Å²) < 4.78 is 10.2. The van der Waals surface area contributed by atoms with Crippen LogP contribution in [0, 0.1) is 5.92 Å². The second kappa shape index (κ2) is 7.88. The SMILES string of the molecule is C=CC(C)COC(=O)C(=C)COCC(=C)C. The van der Waals surface area contributed by atoms with Gasteiger partial charge in [-0.2, -0.15) is 0 Å². The van der Waals surface area contributed by atoms with Crippen molar-refractivity contribution in [3.05, 3.63) is 37.0 Å². The molecule has 0 aliphatic rings. The number of ether oxygens (including phenoxy) is 2. The maximum Gasteiger partial charge on any atom is 0.335 e. The predicted molar refractivity (Wildman–Crippen MR) is 65.1 cm³/mol. The number of rotatable bonds is 8. The highest BCUT2D eigenvalue weighted by Gasteiger charge is 2.09. The fourth-order valence-corrected chi connectivity index (χ4v) is 0.785. The standard InChI is InChI=1S/C13H20O3/c1-6-11(4)8-16-13(14)12(5)9-15-7-10(2)3/h6,11H,1-2,5,7-9H2,3-4H3. The fourth-order valence-electron chi connectivity index (χ4n) is 0.785. The highest BCUT2D eigenvalue weighted by molar-refractivity contribution is 5.87. The van der Waals surface area contributed by atoms with E-state index in [2.05, 4.69) is 19.7 Å². The van der Waals surface area contributed by atoms with E-state index in [4.69, 9.17) is 9.47 Å². The Kier molecular flexibility index (Phi) is 7.21. The van der Waals surface area contributed by atoms with Crippen LogP contribution in [0.1, 0.15) is 13.8 Å². The van der Waals surface area contributed by atoms with E-state index in [1.807, 2.05) is 13.8 Å². The van der Waals surface area contributed by atoms with Gasteiger partial charge in [-0.25, -0.2) is 4.79 Å². The van der Waals surface area contributed by atoms with Gasteiger partial charge in [0, 0.05) is 5.92 Å². The highest BCUT2D eigenvalue weighted by atomic mass is 16.5. The molecule has 0 rings (SSSR count). The zero-order chi connectivity index (χ0) is 12.6. The van der Waals surface area contributed by atoms with Crippen LogP contribution in [0.2, 0.25) is 0 Å². The van der Waals surface area contributed by atoms with Gasteiger partial charge in [0.15, 0.2) is 0 Å². The minimum absolute atomic E-state index is 0.146. The first-order valence-electron chi connectivity index (χ1n) is 5.17. The number of carbonyl (C=O) groups is 1. The molecule has 0 aliphatic heterocycles. The molecule has 0 N–H and O–H groups in total. The van der Waals surface area contributed by atoms with Gasteiger partial charge < -0.3 is 9.47 Å². The van der Waals surface area contributed by atoms with Gasteiger partial charge in [-0.1, -0.05) is 31.7 Å². The first-order valence-corrected chi connectivity index (χ1v) is 5.17. The van der Waals surface area contributed by atoms with E-state index in [0.29, 0.717) is 18.8 Å². The molecule has 0 bridgehead atoms. The highest BCUT2D eigenvalue weighted by Crippen LogP contribution is 2.02. The zero-order valence-electron chi connectivity index (χ0n) is 10.1. The molecule has 0 spiro atoms. The van der Waals surface area contributed by atoms with Gasteiger partial charge in [-0.05, 0) is 6.92 Å². The molecule has 90 valence electrons. The summed E-state index contributed by atoms with van der Waals surface area (Å²) in [6.07, 6.45) is 1.73. The van der Waals surface area contributed by atoms with Gasteiger partial charge in [0.2, 0.25) is 0 Å². The first-order chi connectivity index (χ1) is 7.47. The lowest BCUT2D eigenvalue weighted by Gasteiger charge is -2.09. The zero-order valence-corrected chi connectivity index (χ0v) is 10.1. The second-order valence-corrected chi connectivity index (χ2v) is 3.86. The molecule has 16 heavy (non-hydrogen) atoms. The molecule has 0 aromatic heterocycles. The van der Waals surface area contributed by atoms with Crippen molar-refractivity contribution < 1.29 is 14.3 Å². The molecule has 0 amide bonds. The van der Waals surface area contributed by atoms with Crippen molar-refractivity contribution in [2.45, 2.75) is 13.8 Å². The van der Waals surface area contributed by atoms with Crippen LogP contribution in [0.15, 0.2) is 37.0 Å². The van der Waals surface area contributed by atoms with Crippen molar-refractivity contribution >= 4 is 5.97 Å². The van der Waals surface area contributed by atoms with Crippen LogP contribution >= 0.6 is 0 Å². The first kappa shape index (κ1) is 14.6. The number of hydrogen-bond acceptors (Lipinski definition) is 3. The van der Waals surface area contributed by atoms with Crippen LogP contribution in [0.3, 0.4) is 0 Å². The van der Waals surface area contributed by atoms with E-state index in [9.17, 15) is 4.79 Å². The summed E-state index contributed by atoms with van der Waals surface area (Å²) in [7, 11) is 0. The summed E-state index contributed by atoms with van der Waals surface area (Å²) >= 11 is 0. The van der Waals surface area contributed by atoms with Gasteiger partial charge in [-0.3, -0.25) is 0 Å². The molecular formula is C13H20O3. The molecule has 1 atom stereocenters. The summed E-state index contributed by atoms with van der Waals surface area (Å²) in [6, 6.07) is 0. The largest absolute Gasteiger partial charge is 0.462 e. The molecule has 0 fully saturated rings. The third-order valence-electron chi connectivity index (χ3n) is 1.79. The average Bonchev–Trinajstić information content (AvgIpc) is 2.24. The molecule has 0 aliphatic carbocycles. The molecule has 0 radical (unpaired) electrons. The van der Waals surface area contributed by atoms with Crippen LogP contribution in [0.4, 0.5) is 0 Å². The Morgan fingerprint density at radius 1 is 1.38 bits per heavy atom. The monoisotopic (exact) mass is 224 g/mol. The van der Waals surface area contributed by atoms with Gasteiger partial charge >= 0.3 is 5.97 Å². The summed E-state index contributed by atoms with van der Waals surface area (Å²) in [6.45, 7) is 15.6. The normalized spacial score (nSPS) is 11.6. The van der Waals surface area contributed by atoms with Crippen LogP contribution < -0.4 is 0 Å². The van der Waals surface area contributed by atoms with E-state index in [-0.39, 0.29) is 12.5 Å². The molecular weight excluding hydrogens is 204 g/mol. The van der Waals surface area contributed by atoms with Crippen LogP contribution in [0.25, 0.3) is 0 Å². The molecule has 0 aromatic carbocycles. The van der Waals surface area contributed by atoms with E-state index >= 15 is 0 Å². The smallest absolute Gasteiger partial charge is 0.335 e. The minimum atomic E-state index is -0.421. The number of hydrogen-bond donors (Lipinski definition) is 0. The van der Waals surface area contributed by atoms with Crippen molar-refractivity contribution in [1.82, 2.24) is 0 Å². The molecule has 0 heterocycles. The van der Waals surface area contributed by atoms with Gasteiger partial charge in [0.25, 0.3) is 0 Å². The number of esters is 1. The third kappa shape index (κ3) is 7.01. The Hall–Kier alpha value is -1.35. The van der Waals surface area contributed by atoms with E-state index in [1.165, 1.54) is 0 Å². The quantitative estimate of drug-likeness (QED) is 0.361. The van der Waals surface area contributed by atoms with Crippen molar-refractivity contribution in [1.29, 1.82) is 0 Å². The van der Waals surface area contributed by atoms with E-state index < -0.39 is 5.97 Å². The average molecular weight is 224 g/mol. The molecule has 3 nitrogen and oxygen atoms in total. The van der Waals surface area contributed by atoms with Crippen LogP contribution in [-0.4, -0.2) is 25.8 Å². The van der Waals surface area contributed by atoms with Crippen LogP contribution in [-0.2, 0) is 14.3 Å². The lowest BCUT2D eigenvalue weighted by molar-refractivity contribution is -0.140. The summed E-state index contributed by atoms with van der Waals surface area (Å²) in [5, 5.41) is 0. The Labute approximate surface area is 97.4 Å². The molecule has 0 saturated heterocycles. The maximum atomic E-state index is 11.4. The van der Waals surface area contributed by atoms with Gasteiger partial charge in [0.05, 0.1) is 25.4 Å². The van der Waals surface area contributed by atoms with Crippen molar-refractivity contribution in [2.75, 3.05) is 19.8 Å². The fraction of sp³-hybridized carbons (Fsp3) is 0.462. The molecule has 3 heteroatoms. The lowest BCUT2D eigenvalue weighted by atomic mass is 10.2. The third-order valence-corrected chi connectivity index (χ3v) is 1.79. The minimum Gasteiger partial charge on any atom is -0.462 e. The summed E-state index contributed by atoms with van der Waals surface area (Å²) in [5.41, 5.74) is 1.22. The number of carbonyl (C=O) groups excluding carboxylic acids is 1. The molecule has 0 saturated carbocycles. The maximum absolute atomic E-state index is 11.4. The Morgan fingerprint density at radius 2 is 2.00 bits per heavy atom. The van der Waals surface area contributed by atoms with E-state index in [1.54, 1.807) is 6.08 Å². The molecule has 0 aromatic rings. The van der Waals surface area contributed by atoms with Crippen molar-refractivity contribution in [3.63, 3.8) is 0 Å². The lowest BCUT2D eigenvalue weighted by Crippen LogP contribution is -2.15. The Morgan fingerprint density at radius 3 is 2.50 bits per heavy atom. The van der Waals surface area contributed by atoms with Crippen LogP contribution in [0.5, 0.6) is 0 Å². The van der Waals surface area contributed by atoms with Gasteiger partial charge in [-0.15, -0.1) is 6.58 Å².